The molecule has 0 aliphatic carbocycles. The Bertz CT molecular complexity index is 1840. The van der Waals surface area contributed by atoms with Gasteiger partial charge in [0.15, 0.2) is 5.69 Å². The molecule has 4 aromatic heterocycles. The molecular weight excluding hydrogens is 540 g/mol. The van der Waals surface area contributed by atoms with E-state index in [1.54, 1.807) is 53.2 Å². The minimum absolute atomic E-state index is 0.0133. The summed E-state index contributed by atoms with van der Waals surface area (Å²) in [5.74, 6) is -0.573. The predicted molar refractivity (Wildman–Crippen MR) is 152 cm³/mol. The monoisotopic (exact) mass is 556 g/mol. The van der Waals surface area contributed by atoms with Crippen LogP contribution in [-0.4, -0.2) is 31.7 Å². The van der Waals surface area contributed by atoms with Gasteiger partial charge in [0.25, 0.3) is 11.5 Å². The van der Waals surface area contributed by atoms with Crippen LogP contribution in [0.5, 0.6) is 0 Å². The normalized spacial score (nSPS) is 11.4. The van der Waals surface area contributed by atoms with Gasteiger partial charge in [-0.3, -0.25) is 9.59 Å². The molecule has 0 atom stereocenters. The van der Waals surface area contributed by atoms with Gasteiger partial charge in [0.1, 0.15) is 5.52 Å². The maximum absolute atomic E-state index is 13.6. The molecule has 6 rings (SSSR count). The van der Waals surface area contributed by atoms with E-state index in [1.165, 1.54) is 20.4 Å². The molecule has 4 heterocycles. The summed E-state index contributed by atoms with van der Waals surface area (Å²) in [6.45, 7) is 0. The summed E-state index contributed by atoms with van der Waals surface area (Å²) < 4.78 is 2.68. The highest BCUT2D eigenvalue weighted by Crippen LogP contribution is 2.30. The van der Waals surface area contributed by atoms with Gasteiger partial charge in [0, 0.05) is 19.7 Å². The second kappa shape index (κ2) is 10.2. The minimum Gasteiger partial charge on any atom is -0.265 e. The van der Waals surface area contributed by atoms with E-state index in [0.717, 1.165) is 9.75 Å². The Kier molecular flexibility index (Phi) is 6.42. The van der Waals surface area contributed by atoms with E-state index in [4.69, 9.17) is 11.6 Å². The van der Waals surface area contributed by atoms with Crippen LogP contribution in [0.2, 0.25) is 5.02 Å². The van der Waals surface area contributed by atoms with Gasteiger partial charge in [-0.2, -0.15) is 20.0 Å². The summed E-state index contributed by atoms with van der Waals surface area (Å²) in [4.78, 5) is 30.1. The standard InChI is InChI=1S/C27H17ClN6O2S2/c28-17-8-10-19(11-9-17)34-27(36)25-21(16-30-33(25)18-5-2-1-3-6-18)24(32-34)26(35)31-29-15-20-12-13-23(38-20)22-7-4-14-37-22/h1-16H,(H,31,35)/b29-15+. The molecule has 0 spiro atoms. The summed E-state index contributed by atoms with van der Waals surface area (Å²) in [5.41, 5.74) is 3.48. The molecule has 186 valence electrons. The molecule has 0 aliphatic rings. The molecule has 6 aromatic rings. The molecule has 11 heteroatoms. The first-order chi connectivity index (χ1) is 18.6. The number of nitrogens with one attached hydrogen (secondary N) is 1. The smallest absolute Gasteiger partial charge is 0.265 e. The van der Waals surface area contributed by atoms with Crippen LogP contribution in [-0.2, 0) is 0 Å². The van der Waals surface area contributed by atoms with Crippen molar-refractivity contribution < 1.29 is 4.79 Å². The second-order valence-electron chi connectivity index (χ2n) is 8.07. The van der Waals surface area contributed by atoms with E-state index >= 15 is 0 Å². The number of carbonyl (C=O) groups is 1. The highest BCUT2D eigenvalue weighted by molar-refractivity contribution is 7.22. The summed E-state index contributed by atoms with van der Waals surface area (Å²) in [6, 6.07) is 23.9. The minimum atomic E-state index is -0.573. The van der Waals surface area contributed by atoms with E-state index in [0.29, 0.717) is 21.8 Å². The van der Waals surface area contributed by atoms with Gasteiger partial charge in [-0.15, -0.1) is 22.7 Å². The SMILES string of the molecule is O=C(N/N=C/c1ccc(-c2cccs2)s1)c1nn(-c2ccc(Cl)cc2)c(=O)c2c1cnn2-c1ccccc1. The van der Waals surface area contributed by atoms with E-state index in [9.17, 15) is 9.59 Å². The van der Waals surface area contributed by atoms with Crippen molar-refractivity contribution in [2.75, 3.05) is 0 Å². The first-order valence-electron chi connectivity index (χ1n) is 11.4. The van der Waals surface area contributed by atoms with Crippen LogP contribution in [0.15, 0.2) is 100 Å². The van der Waals surface area contributed by atoms with Gasteiger partial charge in [-0.1, -0.05) is 35.9 Å². The summed E-state index contributed by atoms with van der Waals surface area (Å²) in [6.07, 6.45) is 3.05. The molecule has 0 bridgehead atoms. The van der Waals surface area contributed by atoms with Crippen molar-refractivity contribution in [3.8, 4) is 21.1 Å². The second-order valence-corrected chi connectivity index (χ2v) is 10.6. The number of hydrogen-bond acceptors (Lipinski definition) is 7. The first-order valence-corrected chi connectivity index (χ1v) is 13.5. The lowest BCUT2D eigenvalue weighted by atomic mass is 10.2. The Labute approximate surface area is 229 Å². The lowest BCUT2D eigenvalue weighted by molar-refractivity contribution is 0.0950. The maximum Gasteiger partial charge on any atom is 0.298 e. The fraction of sp³-hybridized carbons (Fsp3) is 0. The zero-order valence-electron chi connectivity index (χ0n) is 19.5. The van der Waals surface area contributed by atoms with Gasteiger partial charge < -0.3 is 0 Å². The number of rotatable bonds is 6. The van der Waals surface area contributed by atoms with Crippen molar-refractivity contribution in [3.05, 3.63) is 116 Å². The van der Waals surface area contributed by atoms with Crippen LogP contribution in [0.1, 0.15) is 15.4 Å². The van der Waals surface area contributed by atoms with Crippen molar-refractivity contribution in [1.29, 1.82) is 0 Å². The Balaban J connectivity index is 1.39. The molecule has 0 saturated heterocycles. The molecule has 0 unspecified atom stereocenters. The third kappa shape index (κ3) is 4.56. The van der Waals surface area contributed by atoms with E-state index in [1.807, 2.05) is 53.9 Å². The molecule has 1 amide bonds. The quantitative estimate of drug-likeness (QED) is 0.208. The number of nitrogens with zero attached hydrogens (tertiary/aromatic N) is 5. The highest BCUT2D eigenvalue weighted by atomic mass is 35.5. The van der Waals surface area contributed by atoms with Gasteiger partial charge in [0.05, 0.1) is 29.2 Å². The number of para-hydroxylation sites is 1. The van der Waals surface area contributed by atoms with E-state index in [-0.39, 0.29) is 11.2 Å². The van der Waals surface area contributed by atoms with Crippen LogP contribution >= 0.6 is 34.3 Å². The van der Waals surface area contributed by atoms with Crippen LogP contribution in [0.25, 0.3) is 32.0 Å². The number of carbonyl (C=O) groups excluding carboxylic acids is 1. The average Bonchev–Trinajstić information content (AvgIpc) is 3.71. The summed E-state index contributed by atoms with van der Waals surface area (Å²) in [7, 11) is 0. The molecular formula is C27H17ClN6O2S2. The topological polar surface area (TPSA) is 94.2 Å². The molecule has 38 heavy (non-hydrogen) atoms. The van der Waals surface area contributed by atoms with Crippen molar-refractivity contribution in [3.63, 3.8) is 0 Å². The number of amides is 1. The molecule has 0 fully saturated rings. The van der Waals surface area contributed by atoms with Crippen molar-refractivity contribution >= 4 is 57.3 Å². The maximum atomic E-state index is 13.6. The predicted octanol–water partition coefficient (Wildman–Crippen LogP) is 5.78. The Morgan fingerprint density at radius 3 is 2.47 bits per heavy atom. The van der Waals surface area contributed by atoms with Crippen LogP contribution in [0.4, 0.5) is 0 Å². The Morgan fingerprint density at radius 2 is 1.71 bits per heavy atom. The number of benzene rings is 2. The molecule has 0 saturated carbocycles. The fourth-order valence-electron chi connectivity index (χ4n) is 3.90. The fourth-order valence-corrected chi connectivity index (χ4v) is 5.74. The first kappa shape index (κ1) is 24.0. The van der Waals surface area contributed by atoms with E-state index < -0.39 is 11.5 Å². The number of hydrogen-bond donors (Lipinski definition) is 1. The molecule has 1 N–H and O–H groups in total. The van der Waals surface area contributed by atoms with E-state index in [2.05, 4.69) is 26.8 Å². The Hall–Kier alpha value is -4.38. The van der Waals surface area contributed by atoms with Gasteiger partial charge in [0.2, 0.25) is 0 Å². The number of fused-ring (bicyclic) bond motifs is 1. The number of aromatic nitrogens is 4. The highest BCUT2D eigenvalue weighted by Gasteiger charge is 2.22. The lowest BCUT2D eigenvalue weighted by Gasteiger charge is -2.10. The van der Waals surface area contributed by atoms with Crippen molar-refractivity contribution in [2.45, 2.75) is 0 Å². The van der Waals surface area contributed by atoms with Crippen molar-refractivity contribution in [1.82, 2.24) is 25.0 Å². The average molecular weight is 557 g/mol. The molecule has 0 radical (unpaired) electrons. The molecule has 8 nitrogen and oxygen atoms in total. The zero-order chi connectivity index (χ0) is 26.1. The Morgan fingerprint density at radius 1 is 0.921 bits per heavy atom. The van der Waals surface area contributed by atoms with Crippen molar-refractivity contribution in [2.24, 2.45) is 5.10 Å². The third-order valence-corrected chi connectivity index (χ3v) is 7.99. The summed E-state index contributed by atoms with van der Waals surface area (Å²) >= 11 is 9.27. The number of halogens is 1. The van der Waals surface area contributed by atoms with Gasteiger partial charge in [-0.25, -0.2) is 10.1 Å². The largest absolute Gasteiger partial charge is 0.298 e. The lowest BCUT2D eigenvalue weighted by Crippen LogP contribution is -2.28. The van der Waals surface area contributed by atoms with Crippen LogP contribution < -0.4 is 11.0 Å². The molecule has 0 aliphatic heterocycles. The van der Waals surface area contributed by atoms with Crippen LogP contribution in [0, 0.1) is 0 Å². The van der Waals surface area contributed by atoms with Gasteiger partial charge in [-0.05, 0) is 60.0 Å². The van der Waals surface area contributed by atoms with Crippen LogP contribution in [0.3, 0.4) is 0 Å². The zero-order valence-corrected chi connectivity index (χ0v) is 21.9. The molecule has 2 aromatic carbocycles. The number of thiophene rings is 2. The van der Waals surface area contributed by atoms with Gasteiger partial charge >= 0.3 is 0 Å². The third-order valence-electron chi connectivity index (χ3n) is 5.66. The summed E-state index contributed by atoms with van der Waals surface area (Å²) in [5, 5.41) is 15.8. The number of hydrazone groups is 1.